The van der Waals surface area contributed by atoms with Crippen molar-refractivity contribution >= 4 is 15.9 Å². The van der Waals surface area contributed by atoms with E-state index in [1.165, 1.54) is 0 Å². The molecule has 92 valence electrons. The van der Waals surface area contributed by atoms with Gasteiger partial charge < -0.3 is 9.08 Å². The first-order chi connectivity index (χ1) is 7.98. The zero-order valence-electron chi connectivity index (χ0n) is 9.83. The highest BCUT2D eigenvalue weighted by atomic mass is 32.2. The zero-order valence-corrected chi connectivity index (χ0v) is 10.6. The third kappa shape index (κ3) is 2.87. The van der Waals surface area contributed by atoms with Gasteiger partial charge in [0.05, 0.1) is 0 Å². The summed E-state index contributed by atoms with van der Waals surface area (Å²) in [6.07, 6.45) is 1.84. The minimum absolute atomic E-state index is 0.00364. The lowest BCUT2D eigenvalue weighted by molar-refractivity contribution is 0.341. The second-order valence-electron chi connectivity index (χ2n) is 4.24. The first-order valence-electron chi connectivity index (χ1n) is 5.34. The molecule has 0 amide bonds. The van der Waals surface area contributed by atoms with Crippen LogP contribution in [0.25, 0.3) is 5.76 Å². The Kier molecular flexibility index (Phi) is 3.22. The van der Waals surface area contributed by atoms with E-state index in [2.05, 4.69) is 0 Å². The first-order valence-corrected chi connectivity index (χ1v) is 6.91. The summed E-state index contributed by atoms with van der Waals surface area (Å²) in [6, 6.07) is 9.10. The van der Waals surface area contributed by atoms with Crippen LogP contribution in [-0.4, -0.2) is 39.2 Å². The van der Waals surface area contributed by atoms with Gasteiger partial charge in [0, 0.05) is 11.6 Å². The summed E-state index contributed by atoms with van der Waals surface area (Å²) in [5.74, 6) is 0.409. The topological polar surface area (TPSA) is 46.6 Å². The zero-order chi connectivity index (χ0) is 12.5. The van der Waals surface area contributed by atoms with Gasteiger partial charge in [0.25, 0.3) is 0 Å². The number of rotatable bonds is 2. The van der Waals surface area contributed by atoms with Crippen LogP contribution in [0.3, 0.4) is 0 Å². The molecular formula is C12H15NO3S. The maximum atomic E-state index is 11.7. The lowest BCUT2D eigenvalue weighted by Gasteiger charge is -2.26. The van der Waals surface area contributed by atoms with Crippen molar-refractivity contribution in [2.45, 2.75) is 6.04 Å². The molecule has 4 nitrogen and oxygen atoms in total. The Morgan fingerprint density at radius 1 is 1.24 bits per heavy atom. The maximum absolute atomic E-state index is 11.7. The predicted molar refractivity (Wildman–Crippen MR) is 66.8 cm³/mol. The predicted octanol–water partition coefficient (Wildman–Crippen LogP) is 1.32. The second kappa shape index (κ2) is 4.50. The lowest BCUT2D eigenvalue weighted by atomic mass is 10.1. The third-order valence-corrected chi connectivity index (χ3v) is 3.84. The van der Waals surface area contributed by atoms with E-state index < -0.39 is 10.1 Å². The van der Waals surface area contributed by atoms with Crippen LogP contribution < -0.4 is 0 Å². The fourth-order valence-corrected chi connectivity index (χ4v) is 2.98. The van der Waals surface area contributed by atoms with Gasteiger partial charge in [-0.05, 0) is 20.2 Å². The van der Waals surface area contributed by atoms with Gasteiger partial charge >= 0.3 is 10.1 Å². The van der Waals surface area contributed by atoms with E-state index in [9.17, 15) is 8.42 Å². The summed E-state index contributed by atoms with van der Waals surface area (Å²) in [4.78, 5) is 1.86. The van der Waals surface area contributed by atoms with Crippen LogP contribution in [-0.2, 0) is 14.3 Å². The Labute approximate surface area is 102 Å². The number of benzene rings is 1. The highest BCUT2D eigenvalue weighted by Crippen LogP contribution is 2.25. The van der Waals surface area contributed by atoms with Gasteiger partial charge in [-0.2, -0.15) is 8.42 Å². The normalized spacial score (nSPS) is 23.0. The molecule has 0 spiro atoms. The molecule has 1 aliphatic heterocycles. The van der Waals surface area contributed by atoms with Gasteiger partial charge in [-0.15, -0.1) is 0 Å². The number of likely N-dealkylation sites (N-methyl/N-ethyl adjacent to an activating group) is 1. The molecule has 0 unspecified atom stereocenters. The monoisotopic (exact) mass is 253 g/mol. The molecule has 1 heterocycles. The number of hydrogen-bond donors (Lipinski definition) is 0. The maximum Gasteiger partial charge on any atom is 0.311 e. The summed E-state index contributed by atoms with van der Waals surface area (Å²) in [6.45, 7) is 0. The minimum atomic E-state index is -3.48. The summed E-state index contributed by atoms with van der Waals surface area (Å²) >= 11 is 0. The molecule has 1 aromatic carbocycles. The highest BCUT2D eigenvalue weighted by Gasteiger charge is 2.28. The van der Waals surface area contributed by atoms with Crippen molar-refractivity contribution in [3.63, 3.8) is 0 Å². The van der Waals surface area contributed by atoms with Gasteiger partial charge in [-0.25, -0.2) is 0 Å². The fraction of sp³-hybridized carbons (Fsp3) is 0.333. The van der Waals surface area contributed by atoms with Crippen molar-refractivity contribution in [3.05, 3.63) is 42.0 Å². The fourth-order valence-electron chi connectivity index (χ4n) is 1.68. The summed E-state index contributed by atoms with van der Waals surface area (Å²) in [5.41, 5.74) is 0.780. The van der Waals surface area contributed by atoms with Crippen LogP contribution in [0.4, 0.5) is 0 Å². The average Bonchev–Trinajstić information content (AvgIpc) is 2.28. The molecule has 0 radical (unpaired) electrons. The standard InChI is InChI=1S/C12H15NO3S/c1-13(2)11-8-12(16-17(14,15)9-11)10-6-4-3-5-7-10/h3-8,11H,9H2,1-2H3/t11-/m0/s1. The van der Waals surface area contributed by atoms with E-state index in [1.807, 2.05) is 55.4 Å². The number of nitrogens with zero attached hydrogens (tertiary/aromatic N) is 1. The number of hydrogen-bond acceptors (Lipinski definition) is 4. The van der Waals surface area contributed by atoms with Crippen LogP contribution >= 0.6 is 0 Å². The molecule has 1 aromatic rings. The van der Waals surface area contributed by atoms with Gasteiger partial charge in [0.1, 0.15) is 11.5 Å². The van der Waals surface area contributed by atoms with Gasteiger partial charge in [-0.3, -0.25) is 0 Å². The van der Waals surface area contributed by atoms with Crippen LogP contribution in [0.2, 0.25) is 0 Å². The van der Waals surface area contributed by atoms with Gasteiger partial charge in [0.2, 0.25) is 0 Å². The van der Waals surface area contributed by atoms with Gasteiger partial charge in [-0.1, -0.05) is 30.3 Å². The Hall–Kier alpha value is -1.33. The minimum Gasteiger partial charge on any atom is -0.382 e. The van der Waals surface area contributed by atoms with E-state index >= 15 is 0 Å². The van der Waals surface area contributed by atoms with Crippen molar-refractivity contribution in [2.24, 2.45) is 0 Å². The molecule has 2 rings (SSSR count). The first kappa shape index (κ1) is 12.1. The molecule has 0 fully saturated rings. The molecule has 5 heteroatoms. The van der Waals surface area contributed by atoms with E-state index in [4.69, 9.17) is 4.18 Å². The van der Waals surface area contributed by atoms with E-state index in [1.54, 1.807) is 0 Å². The summed E-state index contributed by atoms with van der Waals surface area (Å²) < 4.78 is 28.4. The van der Waals surface area contributed by atoms with E-state index in [0.29, 0.717) is 5.76 Å². The molecule has 1 aliphatic rings. The molecule has 0 aliphatic carbocycles. The van der Waals surface area contributed by atoms with Crippen LogP contribution in [0.5, 0.6) is 0 Å². The van der Waals surface area contributed by atoms with E-state index in [-0.39, 0.29) is 11.8 Å². The Morgan fingerprint density at radius 2 is 1.88 bits per heavy atom. The van der Waals surface area contributed by atoms with Crippen LogP contribution in [0.15, 0.2) is 36.4 Å². The molecule has 0 saturated heterocycles. The second-order valence-corrected chi connectivity index (χ2v) is 5.85. The largest absolute Gasteiger partial charge is 0.382 e. The SMILES string of the molecule is CN(C)[C@H]1C=C(c2ccccc2)OS(=O)(=O)C1. The van der Waals surface area contributed by atoms with Crippen molar-refractivity contribution in [1.29, 1.82) is 0 Å². The molecule has 0 bridgehead atoms. The molecule has 0 aromatic heterocycles. The average molecular weight is 253 g/mol. The van der Waals surface area contributed by atoms with Crippen molar-refractivity contribution in [1.82, 2.24) is 4.90 Å². The smallest absolute Gasteiger partial charge is 0.311 e. The Balaban J connectivity index is 2.39. The van der Waals surface area contributed by atoms with Gasteiger partial charge in [0.15, 0.2) is 0 Å². The lowest BCUT2D eigenvalue weighted by Crippen LogP contribution is -2.36. The molecule has 0 saturated carbocycles. The van der Waals surface area contributed by atoms with E-state index in [0.717, 1.165) is 5.56 Å². The van der Waals surface area contributed by atoms with Crippen LogP contribution in [0, 0.1) is 0 Å². The van der Waals surface area contributed by atoms with Crippen molar-refractivity contribution in [3.8, 4) is 0 Å². The third-order valence-electron chi connectivity index (χ3n) is 2.66. The summed E-state index contributed by atoms with van der Waals surface area (Å²) in [5, 5.41) is 0. The quantitative estimate of drug-likeness (QED) is 0.746. The molecule has 0 N–H and O–H groups in total. The Morgan fingerprint density at radius 3 is 2.47 bits per heavy atom. The molecule has 1 atom stereocenters. The molecular weight excluding hydrogens is 238 g/mol. The van der Waals surface area contributed by atoms with Crippen molar-refractivity contribution < 1.29 is 12.6 Å². The highest BCUT2D eigenvalue weighted by molar-refractivity contribution is 7.87. The summed E-state index contributed by atoms with van der Waals surface area (Å²) in [7, 11) is 0.219. The molecule has 17 heavy (non-hydrogen) atoms. The van der Waals surface area contributed by atoms with Crippen molar-refractivity contribution in [2.75, 3.05) is 19.8 Å². The Bertz CT molecular complexity index is 520. The van der Waals surface area contributed by atoms with Crippen LogP contribution in [0.1, 0.15) is 5.56 Å².